The number of phenols is 1. The maximum atomic E-state index is 10.9. The first-order chi connectivity index (χ1) is 21.1. The van der Waals surface area contributed by atoms with Gasteiger partial charge in [-0.1, -0.05) is 60.7 Å². The number of rotatable bonds is 3. The molecule has 9 aromatic rings. The Kier molecular flexibility index (Phi) is 4.85. The Hall–Kier alpha value is -5.94. The fourth-order valence-corrected chi connectivity index (χ4v) is 6.49. The van der Waals surface area contributed by atoms with Crippen LogP contribution in [0.5, 0.6) is 5.75 Å². The van der Waals surface area contributed by atoms with Gasteiger partial charge in [0.05, 0.1) is 11.4 Å². The Morgan fingerprint density at radius 3 is 1.72 bits per heavy atom. The van der Waals surface area contributed by atoms with Crippen LogP contribution in [0.25, 0.3) is 65.4 Å². The van der Waals surface area contributed by atoms with Gasteiger partial charge in [-0.3, -0.25) is 0 Å². The minimum absolute atomic E-state index is 0.0957. The SMILES string of the molecule is Nc1ccc2c(ccc3cccc(N(c4ccc5oc6ccccc6c5c4)c4ccc5oc6ccccc6c5c4)c32)c1O. The van der Waals surface area contributed by atoms with Gasteiger partial charge in [-0.05, 0) is 77.5 Å². The quantitative estimate of drug-likeness (QED) is 0.129. The Bertz CT molecular complexity index is 2440. The highest BCUT2D eigenvalue weighted by molar-refractivity contribution is 6.18. The summed E-state index contributed by atoms with van der Waals surface area (Å²) in [4.78, 5) is 2.28. The summed E-state index contributed by atoms with van der Waals surface area (Å²) in [6, 6.07) is 43.0. The van der Waals surface area contributed by atoms with Gasteiger partial charge < -0.3 is 24.6 Å². The Morgan fingerprint density at radius 1 is 0.488 bits per heavy atom. The molecule has 0 aliphatic carbocycles. The Labute approximate surface area is 245 Å². The van der Waals surface area contributed by atoms with Crippen molar-refractivity contribution in [2.45, 2.75) is 0 Å². The first kappa shape index (κ1) is 23.7. The molecule has 0 spiro atoms. The van der Waals surface area contributed by atoms with Gasteiger partial charge in [0.1, 0.15) is 28.1 Å². The molecule has 204 valence electrons. The summed E-state index contributed by atoms with van der Waals surface area (Å²) in [5.41, 5.74) is 12.8. The minimum atomic E-state index is 0.0957. The van der Waals surface area contributed by atoms with Gasteiger partial charge in [0.15, 0.2) is 0 Å². The van der Waals surface area contributed by atoms with Gasteiger partial charge in [-0.25, -0.2) is 0 Å². The van der Waals surface area contributed by atoms with Crippen molar-refractivity contribution in [3.05, 3.63) is 127 Å². The highest BCUT2D eigenvalue weighted by Gasteiger charge is 2.21. The van der Waals surface area contributed by atoms with E-state index in [1.54, 1.807) is 6.07 Å². The molecule has 5 heteroatoms. The number of furan rings is 2. The Balaban J connectivity index is 1.39. The van der Waals surface area contributed by atoms with Crippen molar-refractivity contribution < 1.29 is 13.9 Å². The highest BCUT2D eigenvalue weighted by atomic mass is 16.3. The third kappa shape index (κ3) is 3.45. The predicted molar refractivity (Wildman–Crippen MR) is 177 cm³/mol. The van der Waals surface area contributed by atoms with Crippen LogP contribution in [0.4, 0.5) is 22.7 Å². The van der Waals surface area contributed by atoms with Crippen LogP contribution in [-0.2, 0) is 0 Å². The van der Waals surface area contributed by atoms with Crippen LogP contribution < -0.4 is 10.6 Å². The van der Waals surface area contributed by atoms with Crippen molar-refractivity contribution >= 4 is 88.2 Å². The lowest BCUT2D eigenvalue weighted by Crippen LogP contribution is -2.10. The molecule has 0 unspecified atom stereocenters. The number of hydrogen-bond acceptors (Lipinski definition) is 5. The summed E-state index contributed by atoms with van der Waals surface area (Å²) in [6.45, 7) is 0. The van der Waals surface area contributed by atoms with E-state index in [0.717, 1.165) is 77.1 Å². The average molecular weight is 557 g/mol. The van der Waals surface area contributed by atoms with Crippen molar-refractivity contribution in [1.29, 1.82) is 0 Å². The number of nitrogen functional groups attached to an aromatic ring is 1. The van der Waals surface area contributed by atoms with E-state index >= 15 is 0 Å². The molecule has 0 amide bonds. The molecule has 0 atom stereocenters. The number of fused-ring (bicyclic) bond motifs is 9. The number of aromatic hydroxyl groups is 1. The van der Waals surface area contributed by atoms with Crippen molar-refractivity contribution in [2.75, 3.05) is 10.6 Å². The van der Waals surface area contributed by atoms with Gasteiger partial charge in [0, 0.05) is 43.7 Å². The van der Waals surface area contributed by atoms with Gasteiger partial charge in [0.2, 0.25) is 0 Å². The molecule has 0 bridgehead atoms. The van der Waals surface area contributed by atoms with Crippen LogP contribution in [0.3, 0.4) is 0 Å². The first-order valence-corrected chi connectivity index (χ1v) is 14.2. The maximum Gasteiger partial charge on any atom is 0.146 e. The maximum absolute atomic E-state index is 10.9. The number of nitrogens with zero attached hydrogens (tertiary/aromatic N) is 1. The van der Waals surface area contributed by atoms with Crippen LogP contribution in [-0.4, -0.2) is 5.11 Å². The standard InChI is InChI=1S/C38H24N2O3/c39-31-17-16-27-28(38(31)41)15-12-22-6-5-9-32(37(22)27)40(23-13-18-35-29(20-23)25-7-1-3-10-33(25)42-35)24-14-19-36-30(21-24)26-8-2-4-11-34(26)43-36/h1-21,41H,39H2. The van der Waals surface area contributed by atoms with Crippen molar-refractivity contribution in [2.24, 2.45) is 0 Å². The zero-order valence-corrected chi connectivity index (χ0v) is 22.9. The van der Waals surface area contributed by atoms with E-state index in [2.05, 4.69) is 59.5 Å². The molecule has 0 fully saturated rings. The molecule has 2 heterocycles. The third-order valence-electron chi connectivity index (χ3n) is 8.50. The molecule has 2 aromatic heterocycles. The molecule has 0 radical (unpaired) electrons. The van der Waals surface area contributed by atoms with Crippen LogP contribution in [0.2, 0.25) is 0 Å². The smallest absolute Gasteiger partial charge is 0.146 e. The molecule has 0 aliphatic rings. The number of para-hydroxylation sites is 2. The Morgan fingerprint density at radius 2 is 1.07 bits per heavy atom. The normalized spacial score (nSPS) is 11.9. The fraction of sp³-hybridized carbons (Fsp3) is 0. The summed E-state index contributed by atoms with van der Waals surface area (Å²) in [5, 5.41) is 18.9. The summed E-state index contributed by atoms with van der Waals surface area (Å²) in [6.07, 6.45) is 0. The lowest BCUT2D eigenvalue weighted by atomic mass is 9.98. The average Bonchev–Trinajstić information content (AvgIpc) is 3.61. The molecule has 7 aromatic carbocycles. The second kappa shape index (κ2) is 8.78. The molecule has 3 N–H and O–H groups in total. The van der Waals surface area contributed by atoms with E-state index in [-0.39, 0.29) is 5.75 Å². The number of nitrogens with two attached hydrogens (primary N) is 1. The van der Waals surface area contributed by atoms with E-state index in [4.69, 9.17) is 14.6 Å². The van der Waals surface area contributed by atoms with Gasteiger partial charge >= 0.3 is 0 Å². The minimum Gasteiger partial charge on any atom is -0.505 e. The van der Waals surface area contributed by atoms with Crippen molar-refractivity contribution in [1.82, 2.24) is 0 Å². The molecule has 0 saturated carbocycles. The lowest BCUT2D eigenvalue weighted by Gasteiger charge is -2.27. The van der Waals surface area contributed by atoms with E-state index in [0.29, 0.717) is 11.1 Å². The number of hydrogen-bond donors (Lipinski definition) is 2. The fourth-order valence-electron chi connectivity index (χ4n) is 6.49. The van der Waals surface area contributed by atoms with Crippen LogP contribution >= 0.6 is 0 Å². The molecular weight excluding hydrogens is 532 g/mol. The second-order valence-electron chi connectivity index (χ2n) is 10.9. The summed E-state index contributed by atoms with van der Waals surface area (Å²) in [5.74, 6) is 0.0957. The van der Waals surface area contributed by atoms with Gasteiger partial charge in [0.25, 0.3) is 0 Å². The van der Waals surface area contributed by atoms with Crippen LogP contribution in [0.15, 0.2) is 136 Å². The summed E-state index contributed by atoms with van der Waals surface area (Å²) < 4.78 is 12.4. The zero-order chi connectivity index (χ0) is 28.7. The van der Waals surface area contributed by atoms with Gasteiger partial charge in [-0.2, -0.15) is 0 Å². The van der Waals surface area contributed by atoms with E-state index < -0.39 is 0 Å². The molecule has 5 nitrogen and oxygen atoms in total. The van der Waals surface area contributed by atoms with E-state index in [9.17, 15) is 5.11 Å². The number of benzene rings is 7. The lowest BCUT2D eigenvalue weighted by molar-refractivity contribution is 0.484. The van der Waals surface area contributed by atoms with E-state index in [1.165, 1.54) is 0 Å². The van der Waals surface area contributed by atoms with Crippen LogP contribution in [0.1, 0.15) is 0 Å². The van der Waals surface area contributed by atoms with E-state index in [1.807, 2.05) is 66.7 Å². The molecular formula is C38H24N2O3. The monoisotopic (exact) mass is 556 g/mol. The topological polar surface area (TPSA) is 75.8 Å². The second-order valence-corrected chi connectivity index (χ2v) is 10.9. The number of anilines is 4. The predicted octanol–water partition coefficient (Wildman–Crippen LogP) is 10.5. The first-order valence-electron chi connectivity index (χ1n) is 14.2. The largest absolute Gasteiger partial charge is 0.505 e. The molecule has 9 rings (SSSR count). The number of phenolic OH excluding ortho intramolecular Hbond substituents is 1. The molecule has 0 aliphatic heterocycles. The summed E-state index contributed by atoms with van der Waals surface area (Å²) in [7, 11) is 0. The third-order valence-corrected chi connectivity index (χ3v) is 8.50. The molecule has 0 saturated heterocycles. The van der Waals surface area contributed by atoms with Gasteiger partial charge in [-0.15, -0.1) is 0 Å². The highest BCUT2D eigenvalue weighted by Crippen LogP contribution is 2.46. The van der Waals surface area contributed by atoms with Crippen molar-refractivity contribution in [3.8, 4) is 5.75 Å². The zero-order valence-electron chi connectivity index (χ0n) is 22.9. The molecule has 43 heavy (non-hydrogen) atoms. The van der Waals surface area contributed by atoms with Crippen molar-refractivity contribution in [3.63, 3.8) is 0 Å². The van der Waals surface area contributed by atoms with Crippen LogP contribution in [0, 0.1) is 0 Å². The summed E-state index contributed by atoms with van der Waals surface area (Å²) >= 11 is 0.